The molecule has 5 heteroatoms. The third kappa shape index (κ3) is 5.68. The van der Waals surface area contributed by atoms with Crippen molar-refractivity contribution in [2.45, 2.75) is 0 Å². The lowest BCUT2D eigenvalue weighted by Gasteiger charge is -2.25. The fraction of sp³-hybridized carbons (Fsp3) is 0. The van der Waals surface area contributed by atoms with Gasteiger partial charge in [-0.05, 0) is 64.4 Å². The lowest BCUT2D eigenvalue weighted by molar-refractivity contribution is 1.08. The molecule has 0 atom stereocenters. The van der Waals surface area contributed by atoms with E-state index in [0.717, 1.165) is 43.8 Å². The van der Waals surface area contributed by atoms with Crippen molar-refractivity contribution in [2.24, 2.45) is 0 Å². The van der Waals surface area contributed by atoms with Crippen molar-refractivity contribution >= 4 is 59.3 Å². The first-order valence-corrected chi connectivity index (χ1v) is 18.9. The van der Waals surface area contributed by atoms with Gasteiger partial charge in [-0.2, -0.15) is 0 Å². The van der Waals surface area contributed by atoms with Crippen LogP contribution in [0.1, 0.15) is 0 Å². The first kappa shape index (κ1) is 31.8. The molecule has 10 aromatic rings. The van der Waals surface area contributed by atoms with Gasteiger partial charge in [0.1, 0.15) is 0 Å². The predicted octanol–water partition coefficient (Wildman–Crippen LogP) is 13.5. The lowest BCUT2D eigenvalue weighted by atomic mass is 9.97. The van der Waals surface area contributed by atoms with Gasteiger partial charge in [-0.3, -0.25) is 0 Å². The van der Waals surface area contributed by atoms with Crippen LogP contribution in [0.25, 0.3) is 76.2 Å². The Bertz CT molecular complexity index is 2810. The molecule has 0 bridgehead atoms. The zero-order chi connectivity index (χ0) is 35.8. The van der Waals surface area contributed by atoms with Crippen molar-refractivity contribution < 1.29 is 0 Å². The number of nitrogens with zero attached hydrogens (tertiary/aromatic N) is 4. The van der Waals surface area contributed by atoms with Gasteiger partial charge >= 0.3 is 0 Å². The molecule has 254 valence electrons. The number of anilines is 3. The van der Waals surface area contributed by atoms with Gasteiger partial charge in [-0.1, -0.05) is 152 Å². The van der Waals surface area contributed by atoms with Crippen molar-refractivity contribution in [1.29, 1.82) is 0 Å². The molecule has 4 nitrogen and oxygen atoms in total. The van der Waals surface area contributed by atoms with Crippen molar-refractivity contribution in [3.05, 3.63) is 194 Å². The summed E-state index contributed by atoms with van der Waals surface area (Å²) in [7, 11) is 0. The van der Waals surface area contributed by atoms with Crippen LogP contribution in [0.3, 0.4) is 0 Å². The number of rotatable bonds is 7. The van der Waals surface area contributed by atoms with Crippen LogP contribution in [-0.2, 0) is 0 Å². The Hall–Kier alpha value is -6.95. The van der Waals surface area contributed by atoms with Crippen molar-refractivity contribution in [3.63, 3.8) is 0 Å². The van der Waals surface area contributed by atoms with Crippen molar-refractivity contribution in [2.75, 3.05) is 4.90 Å². The second-order valence-electron chi connectivity index (χ2n) is 13.2. The molecule has 10 rings (SSSR count). The summed E-state index contributed by atoms with van der Waals surface area (Å²) >= 11 is 1.82. The number of aromatic nitrogens is 3. The van der Waals surface area contributed by atoms with Crippen molar-refractivity contribution in [1.82, 2.24) is 15.0 Å². The van der Waals surface area contributed by atoms with E-state index in [4.69, 9.17) is 15.0 Å². The molecule has 54 heavy (non-hydrogen) atoms. The van der Waals surface area contributed by atoms with Crippen LogP contribution < -0.4 is 4.90 Å². The molecular formula is C49H32N4S. The standard InChI is InChI=1S/C49H32N4S/c1-5-16-34(17-6-1)47-50-48(35-18-7-2-8-19-35)52-49(51-47)43-32-36-20-13-14-25-40(36)44-42-27-15-26-41(45(42)54-46(43)44)33-28-30-39(31-29-33)53(37-21-9-3-10-22-37)38-23-11-4-12-24-38/h1-32H. The molecule has 0 radical (unpaired) electrons. The van der Waals surface area contributed by atoms with Gasteiger partial charge in [0.05, 0.1) is 0 Å². The summed E-state index contributed by atoms with van der Waals surface area (Å²) in [5, 5.41) is 4.82. The van der Waals surface area contributed by atoms with Crippen LogP contribution in [-0.4, -0.2) is 15.0 Å². The summed E-state index contributed by atoms with van der Waals surface area (Å²) in [5.41, 5.74) is 8.62. The molecule has 0 aliphatic heterocycles. The highest BCUT2D eigenvalue weighted by Gasteiger charge is 2.21. The summed E-state index contributed by atoms with van der Waals surface area (Å²) in [4.78, 5) is 17.6. The number of hydrogen-bond donors (Lipinski definition) is 0. The zero-order valence-corrected chi connectivity index (χ0v) is 30.0. The SMILES string of the molecule is c1ccc(-c2nc(-c3ccccc3)nc(-c3cc4ccccc4c4c3sc3c(-c5ccc(N(c6ccccc6)c6ccccc6)cc5)cccc34)n2)cc1. The average Bonchev–Trinajstić information content (AvgIpc) is 3.65. The molecule has 0 saturated carbocycles. The van der Waals surface area contributed by atoms with E-state index >= 15 is 0 Å². The summed E-state index contributed by atoms with van der Waals surface area (Å²) in [6.45, 7) is 0. The number of thiophene rings is 1. The molecule has 0 aliphatic rings. The Kier molecular flexibility index (Phi) is 7.97. The normalized spacial score (nSPS) is 11.3. The van der Waals surface area contributed by atoms with Gasteiger partial charge in [0.15, 0.2) is 17.5 Å². The zero-order valence-electron chi connectivity index (χ0n) is 29.2. The smallest absolute Gasteiger partial charge is 0.165 e. The Morgan fingerprint density at radius 1 is 0.352 bits per heavy atom. The maximum absolute atomic E-state index is 5.16. The van der Waals surface area contributed by atoms with Gasteiger partial charge in [0.2, 0.25) is 0 Å². The third-order valence-electron chi connectivity index (χ3n) is 9.90. The fourth-order valence-corrected chi connectivity index (χ4v) is 8.72. The molecule has 0 saturated heterocycles. The topological polar surface area (TPSA) is 41.9 Å². The molecule has 0 aliphatic carbocycles. The molecule has 2 aromatic heterocycles. The molecule has 0 unspecified atom stereocenters. The number of benzene rings is 8. The number of para-hydroxylation sites is 2. The molecule has 0 spiro atoms. The average molecular weight is 709 g/mol. The molecule has 2 heterocycles. The minimum absolute atomic E-state index is 0.655. The lowest BCUT2D eigenvalue weighted by Crippen LogP contribution is -2.09. The second kappa shape index (κ2) is 13.6. The first-order chi connectivity index (χ1) is 26.8. The van der Waals surface area contributed by atoms with Gasteiger partial charge < -0.3 is 4.90 Å². The Labute approximate surface area is 317 Å². The second-order valence-corrected chi connectivity index (χ2v) is 14.2. The van der Waals surface area contributed by atoms with Gasteiger partial charge in [0.25, 0.3) is 0 Å². The van der Waals surface area contributed by atoms with Crippen LogP contribution in [0, 0.1) is 0 Å². The minimum Gasteiger partial charge on any atom is -0.311 e. The van der Waals surface area contributed by atoms with Gasteiger partial charge in [-0.25, -0.2) is 15.0 Å². The molecule has 8 aromatic carbocycles. The summed E-state index contributed by atoms with van der Waals surface area (Å²) in [5.74, 6) is 1.98. The summed E-state index contributed by atoms with van der Waals surface area (Å²) in [6.07, 6.45) is 0. The summed E-state index contributed by atoms with van der Waals surface area (Å²) < 4.78 is 2.40. The van der Waals surface area contributed by atoms with Crippen LogP contribution in [0.5, 0.6) is 0 Å². The largest absolute Gasteiger partial charge is 0.311 e. The van der Waals surface area contributed by atoms with E-state index < -0.39 is 0 Å². The first-order valence-electron chi connectivity index (χ1n) is 18.0. The van der Waals surface area contributed by atoms with Gasteiger partial charge in [-0.15, -0.1) is 11.3 Å². The maximum atomic E-state index is 5.16. The van der Waals surface area contributed by atoms with Crippen LogP contribution >= 0.6 is 11.3 Å². The van der Waals surface area contributed by atoms with E-state index in [9.17, 15) is 0 Å². The Morgan fingerprint density at radius 3 is 1.46 bits per heavy atom. The van der Waals surface area contributed by atoms with E-state index in [1.165, 1.54) is 32.0 Å². The Balaban J connectivity index is 1.16. The van der Waals surface area contributed by atoms with Crippen molar-refractivity contribution in [3.8, 4) is 45.3 Å². The molecule has 0 N–H and O–H groups in total. The predicted molar refractivity (Wildman–Crippen MR) is 227 cm³/mol. The molecular weight excluding hydrogens is 677 g/mol. The number of fused-ring (bicyclic) bond motifs is 5. The van der Waals surface area contributed by atoms with E-state index in [-0.39, 0.29) is 0 Å². The van der Waals surface area contributed by atoms with Crippen LogP contribution in [0.4, 0.5) is 17.1 Å². The maximum Gasteiger partial charge on any atom is 0.165 e. The monoisotopic (exact) mass is 708 g/mol. The highest BCUT2D eigenvalue weighted by Crippen LogP contribution is 2.47. The van der Waals surface area contributed by atoms with E-state index in [2.05, 4.69) is 163 Å². The highest BCUT2D eigenvalue weighted by atomic mass is 32.1. The van der Waals surface area contributed by atoms with Crippen LogP contribution in [0.2, 0.25) is 0 Å². The van der Waals surface area contributed by atoms with E-state index in [1.807, 2.05) is 47.7 Å². The molecule has 0 fully saturated rings. The Morgan fingerprint density at radius 2 is 0.852 bits per heavy atom. The minimum atomic E-state index is 0.655. The molecule has 0 amide bonds. The quantitative estimate of drug-likeness (QED) is 0.165. The summed E-state index contributed by atoms with van der Waals surface area (Å²) in [6, 6.07) is 67.9. The van der Waals surface area contributed by atoms with Crippen LogP contribution in [0.15, 0.2) is 194 Å². The van der Waals surface area contributed by atoms with E-state index in [0.29, 0.717) is 17.5 Å². The van der Waals surface area contributed by atoms with Gasteiger partial charge in [0, 0.05) is 53.9 Å². The van der Waals surface area contributed by atoms with E-state index in [1.54, 1.807) is 0 Å². The fourth-order valence-electron chi connectivity index (χ4n) is 7.36. The number of hydrogen-bond acceptors (Lipinski definition) is 5. The third-order valence-corrected chi connectivity index (χ3v) is 11.2. The highest BCUT2D eigenvalue weighted by molar-refractivity contribution is 7.27.